The maximum atomic E-state index is 5.57. The smallest absolute Gasteiger partial charge is 0.134 e. The van der Waals surface area contributed by atoms with E-state index in [-0.39, 0.29) is 6.10 Å². The summed E-state index contributed by atoms with van der Waals surface area (Å²) in [5.74, 6) is 0.445. The van der Waals surface area contributed by atoms with Crippen molar-refractivity contribution < 1.29 is 4.74 Å². The summed E-state index contributed by atoms with van der Waals surface area (Å²) < 4.78 is 5.57. The molecule has 3 atom stereocenters. The molecule has 0 radical (unpaired) electrons. The van der Waals surface area contributed by atoms with Gasteiger partial charge >= 0.3 is 0 Å². The average molecular weight is 241 g/mol. The fourth-order valence-electron chi connectivity index (χ4n) is 2.10. The molecule has 0 aromatic carbocycles. The maximum Gasteiger partial charge on any atom is 0.134 e. The van der Waals surface area contributed by atoms with Crippen molar-refractivity contribution in [2.45, 2.75) is 44.8 Å². The predicted octanol–water partition coefficient (Wildman–Crippen LogP) is 2.10. The maximum absolute atomic E-state index is 5.57. The summed E-state index contributed by atoms with van der Waals surface area (Å²) in [6.45, 7) is 5.13. The van der Waals surface area contributed by atoms with E-state index in [1.807, 2.05) is 7.05 Å². The predicted molar refractivity (Wildman–Crippen MR) is 64.8 cm³/mol. The number of aromatic nitrogens is 2. The van der Waals surface area contributed by atoms with Crippen LogP contribution in [0.3, 0.4) is 0 Å². The first-order valence-electron chi connectivity index (χ1n) is 5.88. The highest BCUT2D eigenvalue weighted by molar-refractivity contribution is 7.11. The highest BCUT2D eigenvalue weighted by Crippen LogP contribution is 2.34. The summed E-state index contributed by atoms with van der Waals surface area (Å²) in [6.07, 6.45) is 2.41. The van der Waals surface area contributed by atoms with Crippen LogP contribution in [0.5, 0.6) is 0 Å². The second-order valence-corrected chi connectivity index (χ2v) is 5.24. The molecule has 0 amide bonds. The molecule has 1 N–H and O–H groups in total. The Bertz CT molecular complexity index is 338. The van der Waals surface area contributed by atoms with Crippen LogP contribution in [0.15, 0.2) is 0 Å². The standard InChI is InChI=1S/C11H19N3OS/c1-4-9(12-3)11-14-13-10(16-11)8-5-6-15-7(8)2/h7-9,12H,4-6H2,1-3H3. The van der Waals surface area contributed by atoms with Crippen molar-refractivity contribution in [3.63, 3.8) is 0 Å². The Morgan fingerprint density at radius 3 is 2.94 bits per heavy atom. The summed E-state index contributed by atoms with van der Waals surface area (Å²) in [5, 5.41) is 14.1. The Morgan fingerprint density at radius 2 is 2.38 bits per heavy atom. The zero-order chi connectivity index (χ0) is 11.5. The third-order valence-corrected chi connectivity index (χ3v) is 4.37. The molecule has 4 nitrogen and oxygen atoms in total. The number of ether oxygens (including phenoxy) is 1. The Balaban J connectivity index is 2.12. The van der Waals surface area contributed by atoms with E-state index in [4.69, 9.17) is 4.74 Å². The van der Waals surface area contributed by atoms with Gasteiger partial charge < -0.3 is 10.1 Å². The van der Waals surface area contributed by atoms with Crippen molar-refractivity contribution >= 4 is 11.3 Å². The second kappa shape index (κ2) is 5.21. The first-order valence-corrected chi connectivity index (χ1v) is 6.70. The zero-order valence-electron chi connectivity index (χ0n) is 10.1. The van der Waals surface area contributed by atoms with Gasteiger partial charge in [0, 0.05) is 12.5 Å². The average Bonchev–Trinajstić information content (AvgIpc) is 2.89. The number of nitrogens with one attached hydrogen (secondary N) is 1. The van der Waals surface area contributed by atoms with E-state index in [0.29, 0.717) is 12.0 Å². The van der Waals surface area contributed by atoms with Gasteiger partial charge in [0.05, 0.1) is 12.1 Å². The SMILES string of the molecule is CCC(NC)c1nnc(C2CCOC2C)s1. The van der Waals surface area contributed by atoms with Crippen molar-refractivity contribution in [3.05, 3.63) is 10.0 Å². The van der Waals surface area contributed by atoms with Crippen LogP contribution in [0.1, 0.15) is 48.7 Å². The van der Waals surface area contributed by atoms with Gasteiger partial charge in [0.2, 0.25) is 0 Å². The lowest BCUT2D eigenvalue weighted by Gasteiger charge is -2.10. The minimum absolute atomic E-state index is 0.287. The molecule has 16 heavy (non-hydrogen) atoms. The van der Waals surface area contributed by atoms with Gasteiger partial charge in [-0.2, -0.15) is 0 Å². The molecule has 0 saturated carbocycles. The molecule has 2 rings (SSSR count). The summed E-state index contributed by atoms with van der Waals surface area (Å²) in [6, 6.07) is 0.337. The Morgan fingerprint density at radius 1 is 1.56 bits per heavy atom. The second-order valence-electron chi connectivity index (χ2n) is 4.20. The summed E-state index contributed by atoms with van der Waals surface area (Å²) >= 11 is 1.73. The Hall–Kier alpha value is -0.520. The first kappa shape index (κ1) is 12.0. The molecule has 5 heteroatoms. The molecule has 1 saturated heterocycles. The molecule has 2 heterocycles. The van der Waals surface area contributed by atoms with Crippen LogP contribution in [0.25, 0.3) is 0 Å². The quantitative estimate of drug-likeness (QED) is 0.877. The van der Waals surface area contributed by atoms with Gasteiger partial charge in [-0.3, -0.25) is 0 Å². The monoisotopic (exact) mass is 241 g/mol. The highest BCUT2D eigenvalue weighted by Gasteiger charge is 2.29. The van der Waals surface area contributed by atoms with Gasteiger partial charge in [-0.1, -0.05) is 18.3 Å². The Kier molecular flexibility index (Phi) is 3.89. The molecular formula is C11H19N3OS. The van der Waals surface area contributed by atoms with Gasteiger partial charge in [0.15, 0.2) is 0 Å². The highest BCUT2D eigenvalue weighted by atomic mass is 32.1. The molecule has 90 valence electrons. The van der Waals surface area contributed by atoms with Gasteiger partial charge in [-0.15, -0.1) is 10.2 Å². The third kappa shape index (κ3) is 2.26. The van der Waals surface area contributed by atoms with Crippen LogP contribution < -0.4 is 5.32 Å². The minimum Gasteiger partial charge on any atom is -0.378 e. The topological polar surface area (TPSA) is 47.0 Å². The molecule has 0 aliphatic carbocycles. The van der Waals surface area contributed by atoms with E-state index in [2.05, 4.69) is 29.4 Å². The van der Waals surface area contributed by atoms with Crippen LogP contribution in [-0.2, 0) is 4.74 Å². The van der Waals surface area contributed by atoms with E-state index in [1.165, 1.54) is 0 Å². The fourth-order valence-corrected chi connectivity index (χ4v) is 3.36. The lowest BCUT2D eigenvalue weighted by atomic mass is 10.0. The van der Waals surface area contributed by atoms with E-state index >= 15 is 0 Å². The normalized spacial score (nSPS) is 27.2. The molecule has 1 aliphatic heterocycles. The third-order valence-electron chi connectivity index (χ3n) is 3.20. The van der Waals surface area contributed by atoms with E-state index in [0.717, 1.165) is 29.5 Å². The van der Waals surface area contributed by atoms with E-state index < -0.39 is 0 Å². The summed E-state index contributed by atoms with van der Waals surface area (Å²) in [7, 11) is 1.97. The summed E-state index contributed by atoms with van der Waals surface area (Å²) in [4.78, 5) is 0. The van der Waals surface area contributed by atoms with Crippen molar-refractivity contribution in [3.8, 4) is 0 Å². The van der Waals surface area contributed by atoms with Crippen molar-refractivity contribution in [2.24, 2.45) is 0 Å². The zero-order valence-corrected chi connectivity index (χ0v) is 10.9. The lowest BCUT2D eigenvalue weighted by Crippen LogP contribution is -2.14. The van der Waals surface area contributed by atoms with Gasteiger partial charge in [0.25, 0.3) is 0 Å². The number of rotatable bonds is 4. The Labute approximate surface area is 100 Å². The lowest BCUT2D eigenvalue weighted by molar-refractivity contribution is 0.118. The van der Waals surface area contributed by atoms with Crippen molar-refractivity contribution in [1.29, 1.82) is 0 Å². The minimum atomic E-state index is 0.287. The van der Waals surface area contributed by atoms with Crippen molar-refractivity contribution in [2.75, 3.05) is 13.7 Å². The van der Waals surface area contributed by atoms with Gasteiger partial charge in [-0.05, 0) is 26.8 Å². The number of nitrogens with zero attached hydrogens (tertiary/aromatic N) is 2. The fraction of sp³-hybridized carbons (Fsp3) is 0.818. The first-order chi connectivity index (χ1) is 7.76. The largest absolute Gasteiger partial charge is 0.378 e. The van der Waals surface area contributed by atoms with Gasteiger partial charge in [-0.25, -0.2) is 0 Å². The molecule has 0 spiro atoms. The molecule has 1 aromatic heterocycles. The van der Waals surface area contributed by atoms with E-state index in [1.54, 1.807) is 11.3 Å². The molecule has 3 unspecified atom stereocenters. The summed E-state index contributed by atoms with van der Waals surface area (Å²) in [5.41, 5.74) is 0. The molecule has 1 aromatic rings. The van der Waals surface area contributed by atoms with Crippen LogP contribution in [0.2, 0.25) is 0 Å². The van der Waals surface area contributed by atoms with Crippen LogP contribution in [0.4, 0.5) is 0 Å². The molecule has 1 fully saturated rings. The molecule has 0 bridgehead atoms. The van der Waals surface area contributed by atoms with E-state index in [9.17, 15) is 0 Å². The van der Waals surface area contributed by atoms with Crippen molar-refractivity contribution in [1.82, 2.24) is 15.5 Å². The molecular weight excluding hydrogens is 222 g/mol. The number of hydrogen-bond acceptors (Lipinski definition) is 5. The van der Waals surface area contributed by atoms with Gasteiger partial charge in [0.1, 0.15) is 10.0 Å². The van der Waals surface area contributed by atoms with Crippen LogP contribution in [-0.4, -0.2) is 30.0 Å². The molecule has 1 aliphatic rings. The van der Waals surface area contributed by atoms with Crippen LogP contribution in [0, 0.1) is 0 Å². The number of hydrogen-bond donors (Lipinski definition) is 1. The van der Waals surface area contributed by atoms with Crippen LogP contribution >= 0.6 is 11.3 Å².